The lowest BCUT2D eigenvalue weighted by Crippen LogP contribution is -2.49. The van der Waals surface area contributed by atoms with Crippen LogP contribution in [0, 0.1) is 13.8 Å². The molecule has 2 fully saturated rings. The Balaban J connectivity index is 1.51. The molecule has 4 heterocycles. The minimum absolute atomic E-state index is 0.0436. The summed E-state index contributed by atoms with van der Waals surface area (Å²) in [5, 5.41) is 26.0. The molecule has 0 amide bonds. The maximum Gasteiger partial charge on any atom is 0.234 e. The van der Waals surface area contributed by atoms with E-state index in [1.54, 1.807) is 0 Å². The molecule has 46 heavy (non-hydrogen) atoms. The zero-order valence-corrected chi connectivity index (χ0v) is 27.9. The van der Waals surface area contributed by atoms with Crippen molar-refractivity contribution in [3.63, 3.8) is 0 Å². The van der Waals surface area contributed by atoms with Gasteiger partial charge in [0.1, 0.15) is 11.4 Å². The highest BCUT2D eigenvalue weighted by Gasteiger charge is 2.35. The zero-order valence-electron chi connectivity index (χ0n) is 27.9. The topological polar surface area (TPSA) is 99.2 Å². The van der Waals surface area contributed by atoms with Gasteiger partial charge < -0.3 is 10.6 Å². The SMILES string of the molecule is Cc1c(C(=O)c2nnc(-c3ccccc3)c(C3CNCCN3C(C)C)c2C)nnc(-c2ccccc2)c1C1CNCCN1C(C)C. The average Bonchev–Trinajstić information content (AvgIpc) is 3.08. The number of aromatic nitrogens is 4. The Hall–Kier alpha value is -3.89. The van der Waals surface area contributed by atoms with Crippen LogP contribution in [-0.4, -0.2) is 87.3 Å². The van der Waals surface area contributed by atoms with Gasteiger partial charge in [-0.05, 0) is 52.7 Å². The van der Waals surface area contributed by atoms with Crippen LogP contribution in [0.1, 0.15) is 78.2 Å². The quantitative estimate of drug-likeness (QED) is 0.260. The molecular weight excluding hydrogens is 572 g/mol. The number of rotatable bonds is 8. The van der Waals surface area contributed by atoms with Gasteiger partial charge in [0.05, 0.1) is 23.5 Å². The van der Waals surface area contributed by atoms with Crippen LogP contribution in [0.3, 0.4) is 0 Å². The summed E-state index contributed by atoms with van der Waals surface area (Å²) < 4.78 is 0. The van der Waals surface area contributed by atoms with Gasteiger partial charge in [-0.1, -0.05) is 60.7 Å². The van der Waals surface area contributed by atoms with E-state index in [0.717, 1.165) is 84.0 Å². The summed E-state index contributed by atoms with van der Waals surface area (Å²) in [5.74, 6) is -0.239. The number of benzene rings is 2. The Morgan fingerprint density at radius 1 is 0.652 bits per heavy atom. The summed E-state index contributed by atoms with van der Waals surface area (Å²) in [6.07, 6.45) is 0. The second-order valence-electron chi connectivity index (χ2n) is 13.0. The third-order valence-electron chi connectivity index (χ3n) is 9.62. The van der Waals surface area contributed by atoms with Crippen LogP contribution in [0.25, 0.3) is 22.5 Å². The van der Waals surface area contributed by atoms with Gasteiger partial charge in [-0.3, -0.25) is 14.6 Å². The fraction of sp³-hybridized carbons (Fsp3) is 0.432. The summed E-state index contributed by atoms with van der Waals surface area (Å²) in [7, 11) is 0. The first-order valence-electron chi connectivity index (χ1n) is 16.6. The van der Waals surface area contributed by atoms with Crippen molar-refractivity contribution < 1.29 is 4.79 Å². The molecule has 0 radical (unpaired) electrons. The molecule has 0 spiro atoms. The maximum absolute atomic E-state index is 14.6. The van der Waals surface area contributed by atoms with Gasteiger partial charge in [0.15, 0.2) is 0 Å². The molecular formula is C37H46N8O. The number of carbonyl (C=O) groups is 1. The number of nitrogens with one attached hydrogen (secondary N) is 2. The van der Waals surface area contributed by atoms with Gasteiger partial charge in [-0.15, -0.1) is 20.4 Å². The normalized spacial score (nSPS) is 19.6. The lowest BCUT2D eigenvalue weighted by molar-refractivity contribution is 0.102. The molecule has 4 aromatic rings. The van der Waals surface area contributed by atoms with Crippen LogP contribution in [0.15, 0.2) is 60.7 Å². The fourth-order valence-electron chi connectivity index (χ4n) is 7.26. The lowest BCUT2D eigenvalue weighted by atomic mass is 9.89. The van der Waals surface area contributed by atoms with Crippen LogP contribution in [0.5, 0.6) is 0 Å². The molecule has 2 atom stereocenters. The third-order valence-corrected chi connectivity index (χ3v) is 9.62. The first-order valence-corrected chi connectivity index (χ1v) is 16.6. The standard InChI is InChI=1S/C37H46N8O/c1-23(2)44-19-17-38-21-29(44)31-25(5)33(40-42-35(31)27-13-9-7-10-14-27)37(46)34-26(6)32(30-22-39-18-20-45(30)24(3)4)36(43-41-34)28-15-11-8-12-16-28/h7-16,23-24,29-30,38-39H,17-22H2,1-6H3. The molecule has 2 aromatic heterocycles. The monoisotopic (exact) mass is 618 g/mol. The van der Waals surface area contributed by atoms with Crippen molar-refractivity contribution in [1.29, 1.82) is 0 Å². The van der Waals surface area contributed by atoms with E-state index in [9.17, 15) is 4.79 Å². The third kappa shape index (κ3) is 6.12. The summed E-state index contributed by atoms with van der Waals surface area (Å²) in [6.45, 7) is 18.2. The molecule has 0 aliphatic carbocycles. The van der Waals surface area contributed by atoms with Gasteiger partial charge in [-0.25, -0.2) is 0 Å². The predicted octanol–water partition coefficient (Wildman–Crippen LogP) is 5.16. The molecule has 9 heteroatoms. The number of hydrogen-bond donors (Lipinski definition) is 2. The van der Waals surface area contributed by atoms with Crippen molar-refractivity contribution in [3.05, 3.63) is 94.3 Å². The predicted molar refractivity (Wildman–Crippen MR) is 183 cm³/mol. The Bertz CT molecular complexity index is 1550. The van der Waals surface area contributed by atoms with E-state index < -0.39 is 0 Å². The molecule has 0 bridgehead atoms. The van der Waals surface area contributed by atoms with E-state index in [4.69, 9.17) is 10.2 Å². The van der Waals surface area contributed by atoms with Gasteiger partial charge in [0.2, 0.25) is 5.78 Å². The van der Waals surface area contributed by atoms with E-state index in [2.05, 4.69) is 82.6 Å². The zero-order chi connectivity index (χ0) is 32.4. The van der Waals surface area contributed by atoms with Gasteiger partial charge in [0, 0.05) is 73.6 Å². The molecule has 2 aromatic carbocycles. The first kappa shape index (κ1) is 32.1. The summed E-state index contributed by atoms with van der Waals surface area (Å²) in [6, 6.07) is 21.1. The molecule has 2 aliphatic heterocycles. The number of ketones is 1. The highest BCUT2D eigenvalue weighted by molar-refractivity contribution is 6.08. The molecule has 2 unspecified atom stereocenters. The van der Waals surface area contributed by atoms with Gasteiger partial charge in [0.25, 0.3) is 0 Å². The number of hydrogen-bond acceptors (Lipinski definition) is 9. The van der Waals surface area contributed by atoms with Crippen molar-refractivity contribution in [3.8, 4) is 22.5 Å². The molecule has 9 nitrogen and oxygen atoms in total. The largest absolute Gasteiger partial charge is 0.314 e. The molecule has 2 saturated heterocycles. The molecule has 6 rings (SSSR count). The highest BCUT2D eigenvalue weighted by Crippen LogP contribution is 2.38. The summed E-state index contributed by atoms with van der Waals surface area (Å²) in [4.78, 5) is 19.6. The first-order chi connectivity index (χ1) is 22.3. The minimum atomic E-state index is -0.239. The summed E-state index contributed by atoms with van der Waals surface area (Å²) >= 11 is 0. The minimum Gasteiger partial charge on any atom is -0.314 e. The molecule has 0 saturated carbocycles. The Kier molecular flexibility index (Phi) is 9.65. The van der Waals surface area contributed by atoms with Crippen LogP contribution in [0.2, 0.25) is 0 Å². The average molecular weight is 619 g/mol. The lowest BCUT2D eigenvalue weighted by Gasteiger charge is -2.40. The molecule has 240 valence electrons. The summed E-state index contributed by atoms with van der Waals surface area (Å²) in [5.41, 5.74) is 8.06. The maximum atomic E-state index is 14.6. The fourth-order valence-corrected chi connectivity index (χ4v) is 7.26. The number of carbonyl (C=O) groups excluding carboxylic acids is 1. The van der Waals surface area contributed by atoms with Gasteiger partial charge >= 0.3 is 0 Å². The van der Waals surface area contributed by atoms with Crippen LogP contribution in [-0.2, 0) is 0 Å². The number of piperazine rings is 2. The smallest absolute Gasteiger partial charge is 0.234 e. The van der Waals surface area contributed by atoms with Crippen molar-refractivity contribution in [2.75, 3.05) is 39.3 Å². The van der Waals surface area contributed by atoms with E-state index in [0.29, 0.717) is 23.5 Å². The Morgan fingerprint density at radius 2 is 1.04 bits per heavy atom. The van der Waals surface area contributed by atoms with Crippen LogP contribution < -0.4 is 10.6 Å². The highest BCUT2D eigenvalue weighted by atomic mass is 16.1. The van der Waals surface area contributed by atoms with E-state index >= 15 is 0 Å². The number of nitrogens with zero attached hydrogens (tertiary/aromatic N) is 6. The van der Waals surface area contributed by atoms with Crippen LogP contribution >= 0.6 is 0 Å². The molecule has 2 aliphatic rings. The second-order valence-corrected chi connectivity index (χ2v) is 13.0. The van der Waals surface area contributed by atoms with E-state index in [1.165, 1.54) is 0 Å². The van der Waals surface area contributed by atoms with Crippen molar-refractivity contribution in [2.24, 2.45) is 0 Å². The van der Waals surface area contributed by atoms with Crippen molar-refractivity contribution >= 4 is 5.78 Å². The van der Waals surface area contributed by atoms with Crippen molar-refractivity contribution in [1.82, 2.24) is 40.8 Å². The van der Waals surface area contributed by atoms with Gasteiger partial charge in [-0.2, -0.15) is 0 Å². The molecule has 2 N–H and O–H groups in total. The van der Waals surface area contributed by atoms with Crippen molar-refractivity contribution in [2.45, 2.75) is 65.7 Å². The van der Waals surface area contributed by atoms with Crippen LogP contribution in [0.4, 0.5) is 0 Å². The van der Waals surface area contributed by atoms with E-state index in [1.807, 2.05) is 50.2 Å². The Labute approximate surface area is 272 Å². The Morgan fingerprint density at radius 3 is 1.41 bits per heavy atom. The van der Waals surface area contributed by atoms with E-state index in [-0.39, 0.29) is 17.9 Å². The second kappa shape index (κ2) is 13.8.